The van der Waals surface area contributed by atoms with Gasteiger partial charge in [-0.1, -0.05) is 63.7 Å². The van der Waals surface area contributed by atoms with Gasteiger partial charge in [-0.3, -0.25) is 18.9 Å². The number of rotatable bonds is 8. The second-order valence-corrected chi connectivity index (χ2v) is 9.56. The van der Waals surface area contributed by atoms with Crippen LogP contribution in [0.2, 0.25) is 0 Å². The molecule has 0 saturated carbocycles. The number of thioether (sulfide) groups is 1. The average Bonchev–Trinajstić information content (AvgIpc) is 2.97. The fraction of sp³-hybridized carbons (Fsp3) is 0.455. The van der Waals surface area contributed by atoms with E-state index in [0.29, 0.717) is 45.3 Å². The molecular formula is C22H28N4O2S2. The first-order chi connectivity index (χ1) is 14.3. The fourth-order valence-electron chi connectivity index (χ4n) is 3.22. The van der Waals surface area contributed by atoms with Crippen molar-refractivity contribution in [2.45, 2.75) is 47.0 Å². The van der Waals surface area contributed by atoms with Gasteiger partial charge in [0.1, 0.15) is 15.8 Å². The molecule has 3 heterocycles. The first-order valence-electron chi connectivity index (χ1n) is 10.3. The van der Waals surface area contributed by atoms with Crippen molar-refractivity contribution in [2.24, 2.45) is 5.92 Å². The number of hydrogen-bond donors (Lipinski definition) is 1. The lowest BCUT2D eigenvalue weighted by Crippen LogP contribution is -2.29. The number of hydrogen-bond acceptors (Lipinski definition) is 6. The number of carbonyl (C=O) groups excluding carboxylic acids is 1. The van der Waals surface area contributed by atoms with E-state index in [4.69, 9.17) is 17.2 Å². The molecule has 1 aliphatic rings. The summed E-state index contributed by atoms with van der Waals surface area (Å²) in [6.07, 6.45) is 6.39. The van der Waals surface area contributed by atoms with Crippen molar-refractivity contribution in [1.29, 1.82) is 0 Å². The first-order valence-corrected chi connectivity index (χ1v) is 11.6. The monoisotopic (exact) mass is 444 g/mol. The number of thiocarbonyl (C=S) groups is 1. The zero-order valence-electron chi connectivity index (χ0n) is 17.9. The summed E-state index contributed by atoms with van der Waals surface area (Å²) in [4.78, 5) is 33.0. The highest BCUT2D eigenvalue weighted by atomic mass is 32.2. The predicted molar refractivity (Wildman–Crippen MR) is 129 cm³/mol. The summed E-state index contributed by atoms with van der Waals surface area (Å²) in [5.41, 5.74) is 1.70. The van der Waals surface area contributed by atoms with Crippen LogP contribution in [0.5, 0.6) is 0 Å². The standard InChI is InChI=1S/C22H28N4O2S2/c1-5-6-7-10-26-21(28)17(30-22(26)29)12-16-18(23-13-14(2)3)24-19-15(4)9-8-11-25(19)20(16)27/h8-9,11-12,14,23H,5-7,10,13H2,1-4H3/b17-12-. The smallest absolute Gasteiger partial charge is 0.267 e. The summed E-state index contributed by atoms with van der Waals surface area (Å²) in [6, 6.07) is 3.75. The first kappa shape index (κ1) is 22.5. The molecule has 30 heavy (non-hydrogen) atoms. The highest BCUT2D eigenvalue weighted by Crippen LogP contribution is 2.33. The SMILES string of the molecule is CCCCCN1C(=O)/C(=C/c2c(NCC(C)C)nc3c(C)cccn3c2=O)SC1=S. The van der Waals surface area contributed by atoms with Gasteiger partial charge < -0.3 is 5.32 Å². The third-order valence-electron chi connectivity index (χ3n) is 4.90. The third-order valence-corrected chi connectivity index (χ3v) is 6.27. The number of aryl methyl sites for hydroxylation is 1. The lowest BCUT2D eigenvalue weighted by atomic mass is 10.2. The Hall–Kier alpha value is -2.19. The molecule has 0 atom stereocenters. The summed E-state index contributed by atoms with van der Waals surface area (Å²) in [5.74, 6) is 0.746. The molecule has 1 fully saturated rings. The average molecular weight is 445 g/mol. The van der Waals surface area contributed by atoms with Crippen molar-refractivity contribution >= 4 is 51.7 Å². The minimum absolute atomic E-state index is 0.135. The molecule has 0 bridgehead atoms. The van der Waals surface area contributed by atoms with E-state index in [2.05, 4.69) is 26.1 Å². The van der Waals surface area contributed by atoms with E-state index in [1.807, 2.05) is 19.1 Å². The van der Waals surface area contributed by atoms with E-state index in [0.717, 1.165) is 24.8 Å². The molecule has 0 aromatic carbocycles. The summed E-state index contributed by atoms with van der Waals surface area (Å²) < 4.78 is 2.08. The van der Waals surface area contributed by atoms with Crippen LogP contribution in [-0.4, -0.2) is 37.6 Å². The number of anilines is 1. The van der Waals surface area contributed by atoms with Crippen LogP contribution >= 0.6 is 24.0 Å². The van der Waals surface area contributed by atoms with Gasteiger partial charge in [-0.2, -0.15) is 0 Å². The molecule has 2 aromatic heterocycles. The molecule has 160 valence electrons. The number of amides is 1. The summed E-state index contributed by atoms with van der Waals surface area (Å²) in [6.45, 7) is 9.52. The molecule has 1 amide bonds. The molecule has 0 unspecified atom stereocenters. The van der Waals surface area contributed by atoms with Crippen molar-refractivity contribution in [2.75, 3.05) is 18.4 Å². The topological polar surface area (TPSA) is 66.7 Å². The van der Waals surface area contributed by atoms with Gasteiger partial charge in [0.15, 0.2) is 0 Å². The molecule has 8 heteroatoms. The van der Waals surface area contributed by atoms with Gasteiger partial charge >= 0.3 is 0 Å². The highest BCUT2D eigenvalue weighted by molar-refractivity contribution is 8.26. The van der Waals surface area contributed by atoms with Crippen LogP contribution in [-0.2, 0) is 4.79 Å². The molecule has 3 rings (SSSR count). The van der Waals surface area contributed by atoms with Crippen LogP contribution in [0.4, 0.5) is 5.82 Å². The lowest BCUT2D eigenvalue weighted by Gasteiger charge is -2.14. The van der Waals surface area contributed by atoms with Crippen LogP contribution in [0.15, 0.2) is 28.0 Å². The molecule has 2 aromatic rings. The Labute approximate surface area is 186 Å². The molecule has 0 radical (unpaired) electrons. The molecule has 1 N–H and O–H groups in total. The van der Waals surface area contributed by atoms with Crippen LogP contribution in [0.1, 0.15) is 51.2 Å². The number of pyridine rings is 1. The molecule has 0 spiro atoms. The van der Waals surface area contributed by atoms with E-state index in [1.165, 1.54) is 16.2 Å². The van der Waals surface area contributed by atoms with Crippen molar-refractivity contribution < 1.29 is 4.79 Å². The summed E-state index contributed by atoms with van der Waals surface area (Å²) >= 11 is 6.67. The number of fused-ring (bicyclic) bond motifs is 1. The van der Waals surface area contributed by atoms with Crippen LogP contribution in [0.3, 0.4) is 0 Å². The summed E-state index contributed by atoms with van der Waals surface area (Å²) in [5, 5.41) is 3.29. The zero-order chi connectivity index (χ0) is 21.8. The molecular weight excluding hydrogens is 416 g/mol. The minimum Gasteiger partial charge on any atom is -0.369 e. The predicted octanol–water partition coefficient (Wildman–Crippen LogP) is 4.46. The van der Waals surface area contributed by atoms with Gasteiger partial charge in [0.25, 0.3) is 11.5 Å². The maximum atomic E-state index is 13.3. The zero-order valence-corrected chi connectivity index (χ0v) is 19.5. The fourth-order valence-corrected chi connectivity index (χ4v) is 4.51. The number of unbranched alkanes of at least 4 members (excludes halogenated alkanes) is 2. The largest absolute Gasteiger partial charge is 0.369 e. The maximum Gasteiger partial charge on any atom is 0.267 e. The van der Waals surface area contributed by atoms with E-state index in [1.54, 1.807) is 17.2 Å². The van der Waals surface area contributed by atoms with E-state index >= 15 is 0 Å². The van der Waals surface area contributed by atoms with Crippen molar-refractivity contribution in [3.8, 4) is 0 Å². The van der Waals surface area contributed by atoms with Crippen molar-refractivity contribution in [3.63, 3.8) is 0 Å². The normalized spacial score (nSPS) is 15.8. The summed E-state index contributed by atoms with van der Waals surface area (Å²) in [7, 11) is 0. The van der Waals surface area contributed by atoms with Crippen molar-refractivity contribution in [1.82, 2.24) is 14.3 Å². The quantitative estimate of drug-likeness (QED) is 0.368. The van der Waals surface area contributed by atoms with Gasteiger partial charge in [0.05, 0.1) is 10.5 Å². The third kappa shape index (κ3) is 4.75. The Balaban J connectivity index is 2.05. The number of nitrogens with zero attached hydrogens (tertiary/aromatic N) is 3. The van der Waals surface area contributed by atoms with Gasteiger partial charge in [-0.15, -0.1) is 0 Å². The Kier molecular flexibility index (Phi) is 7.31. The second-order valence-electron chi connectivity index (χ2n) is 7.88. The number of aromatic nitrogens is 2. The Morgan fingerprint density at radius 1 is 1.30 bits per heavy atom. The van der Waals surface area contributed by atoms with Crippen LogP contribution < -0.4 is 10.9 Å². The van der Waals surface area contributed by atoms with E-state index in [9.17, 15) is 9.59 Å². The van der Waals surface area contributed by atoms with Crippen molar-refractivity contribution in [3.05, 3.63) is 44.7 Å². The lowest BCUT2D eigenvalue weighted by molar-refractivity contribution is -0.122. The van der Waals surface area contributed by atoms with E-state index in [-0.39, 0.29) is 11.5 Å². The minimum atomic E-state index is -0.203. The van der Waals surface area contributed by atoms with Gasteiger partial charge in [0, 0.05) is 19.3 Å². The maximum absolute atomic E-state index is 13.3. The molecule has 1 aliphatic heterocycles. The Morgan fingerprint density at radius 2 is 2.07 bits per heavy atom. The molecule has 1 saturated heterocycles. The second kappa shape index (κ2) is 9.75. The number of carbonyl (C=O) groups is 1. The Bertz CT molecular complexity index is 1060. The van der Waals surface area contributed by atoms with Crippen LogP contribution in [0.25, 0.3) is 11.7 Å². The van der Waals surface area contributed by atoms with E-state index < -0.39 is 0 Å². The highest BCUT2D eigenvalue weighted by Gasteiger charge is 2.32. The van der Waals surface area contributed by atoms with Gasteiger partial charge in [-0.25, -0.2) is 4.98 Å². The van der Waals surface area contributed by atoms with Crippen LogP contribution in [0, 0.1) is 12.8 Å². The number of nitrogens with one attached hydrogen (secondary N) is 1. The van der Waals surface area contributed by atoms with Gasteiger partial charge in [0.2, 0.25) is 0 Å². The molecule has 0 aliphatic carbocycles. The molecule has 6 nitrogen and oxygen atoms in total. The Morgan fingerprint density at radius 3 is 2.77 bits per heavy atom. The van der Waals surface area contributed by atoms with Gasteiger partial charge in [-0.05, 0) is 37.0 Å².